The molecule has 6 heteroatoms. The quantitative estimate of drug-likeness (QED) is 0.919. The highest BCUT2D eigenvalue weighted by molar-refractivity contribution is 5.94. The van der Waals surface area contributed by atoms with Crippen molar-refractivity contribution in [2.24, 2.45) is 0 Å². The van der Waals surface area contributed by atoms with Crippen molar-refractivity contribution < 1.29 is 14.3 Å². The van der Waals surface area contributed by atoms with Crippen LogP contribution in [0.5, 0.6) is 0 Å². The van der Waals surface area contributed by atoms with E-state index in [1.165, 1.54) is 12.1 Å². The predicted molar refractivity (Wildman–Crippen MR) is 87.0 cm³/mol. The van der Waals surface area contributed by atoms with Crippen LogP contribution in [0.15, 0.2) is 24.3 Å². The summed E-state index contributed by atoms with van der Waals surface area (Å²) in [6.07, 6.45) is -0.182. The third-order valence-electron chi connectivity index (χ3n) is 4.48. The number of likely N-dealkylation sites (tertiary alicyclic amines) is 1. The normalized spacial score (nSPS) is 20.5. The van der Waals surface area contributed by atoms with Crippen molar-refractivity contribution in [3.8, 4) is 0 Å². The number of aromatic nitrogens is 2. The van der Waals surface area contributed by atoms with Gasteiger partial charge in [-0.25, -0.2) is 9.37 Å². The second-order valence-electron chi connectivity index (χ2n) is 6.24. The number of carbonyl (C=O) groups is 1. The minimum Gasteiger partial charge on any atom is -0.391 e. The van der Waals surface area contributed by atoms with Crippen LogP contribution in [0.25, 0.3) is 0 Å². The van der Waals surface area contributed by atoms with Crippen LogP contribution in [0, 0.1) is 26.6 Å². The first-order chi connectivity index (χ1) is 11.4. The standard InChI is InChI=1S/C18H20FN3O2/c1-10-11(2)21-17(12(3)20-10)18(24)22-9-15(23)8-16(22)13-4-6-14(19)7-5-13/h4-7,15-16,23H,8-9H2,1-3H3/t15-,16-/m0/s1. The maximum atomic E-state index is 13.2. The van der Waals surface area contributed by atoms with Gasteiger partial charge in [0.2, 0.25) is 0 Å². The van der Waals surface area contributed by atoms with Gasteiger partial charge in [-0.15, -0.1) is 0 Å². The van der Waals surface area contributed by atoms with Gasteiger partial charge in [0.15, 0.2) is 0 Å². The number of aliphatic hydroxyl groups is 1. The summed E-state index contributed by atoms with van der Waals surface area (Å²) in [7, 11) is 0. The van der Waals surface area contributed by atoms with E-state index < -0.39 is 6.10 Å². The van der Waals surface area contributed by atoms with E-state index in [4.69, 9.17) is 0 Å². The molecular formula is C18H20FN3O2. The number of hydrogen-bond acceptors (Lipinski definition) is 4. The minimum absolute atomic E-state index is 0.231. The summed E-state index contributed by atoms with van der Waals surface area (Å²) in [5.41, 5.74) is 3.18. The molecule has 0 aliphatic carbocycles. The van der Waals surface area contributed by atoms with Crippen molar-refractivity contribution in [1.82, 2.24) is 14.9 Å². The van der Waals surface area contributed by atoms with Gasteiger partial charge in [0.05, 0.1) is 29.2 Å². The zero-order valence-electron chi connectivity index (χ0n) is 14.0. The van der Waals surface area contributed by atoms with E-state index >= 15 is 0 Å². The van der Waals surface area contributed by atoms with Gasteiger partial charge in [-0.05, 0) is 44.9 Å². The molecule has 2 atom stereocenters. The van der Waals surface area contributed by atoms with Crippen LogP contribution in [-0.4, -0.2) is 38.5 Å². The fourth-order valence-electron chi connectivity index (χ4n) is 3.09. The second kappa shape index (κ2) is 6.28. The molecule has 126 valence electrons. The molecule has 1 aliphatic heterocycles. The van der Waals surface area contributed by atoms with Crippen molar-refractivity contribution in [1.29, 1.82) is 0 Å². The molecule has 2 aromatic rings. The van der Waals surface area contributed by atoms with Crippen LogP contribution in [0.4, 0.5) is 4.39 Å². The van der Waals surface area contributed by atoms with Crippen molar-refractivity contribution in [2.45, 2.75) is 39.3 Å². The lowest BCUT2D eigenvalue weighted by Gasteiger charge is -2.25. The van der Waals surface area contributed by atoms with E-state index in [-0.39, 0.29) is 24.3 Å². The molecule has 1 aliphatic rings. The van der Waals surface area contributed by atoms with Gasteiger partial charge in [0.25, 0.3) is 5.91 Å². The van der Waals surface area contributed by atoms with Crippen LogP contribution >= 0.6 is 0 Å². The molecule has 1 amide bonds. The largest absolute Gasteiger partial charge is 0.391 e. The molecule has 1 aromatic carbocycles. The summed E-state index contributed by atoms with van der Waals surface area (Å²) in [6, 6.07) is 5.73. The molecule has 0 spiro atoms. The van der Waals surface area contributed by atoms with Crippen molar-refractivity contribution in [3.63, 3.8) is 0 Å². The van der Waals surface area contributed by atoms with Crippen LogP contribution in [-0.2, 0) is 0 Å². The summed E-state index contributed by atoms with van der Waals surface area (Å²) in [5.74, 6) is -0.583. The van der Waals surface area contributed by atoms with Crippen molar-refractivity contribution in [2.75, 3.05) is 6.54 Å². The summed E-state index contributed by atoms with van der Waals surface area (Å²) in [4.78, 5) is 23.3. The molecule has 1 fully saturated rings. The molecule has 0 saturated carbocycles. The fourth-order valence-corrected chi connectivity index (χ4v) is 3.09. The summed E-state index contributed by atoms with van der Waals surface area (Å²) < 4.78 is 13.2. The van der Waals surface area contributed by atoms with E-state index in [1.807, 2.05) is 13.8 Å². The highest BCUT2D eigenvalue weighted by atomic mass is 19.1. The van der Waals surface area contributed by atoms with Crippen molar-refractivity contribution in [3.05, 3.63) is 58.4 Å². The number of β-amino-alcohol motifs (C(OH)–C–C–N with tert-alkyl or cyclic N) is 1. The summed E-state index contributed by atoms with van der Waals surface area (Å²) >= 11 is 0. The molecule has 1 N–H and O–H groups in total. The average Bonchev–Trinajstić information content (AvgIpc) is 2.93. The Bertz CT molecular complexity index is 777. The molecule has 0 radical (unpaired) electrons. The highest BCUT2D eigenvalue weighted by Gasteiger charge is 2.37. The predicted octanol–water partition coefficient (Wildman–Crippen LogP) is 2.49. The number of nitrogens with zero attached hydrogens (tertiary/aromatic N) is 3. The number of carbonyl (C=O) groups excluding carboxylic acids is 1. The third kappa shape index (κ3) is 3.01. The molecule has 24 heavy (non-hydrogen) atoms. The molecule has 1 saturated heterocycles. The first-order valence-corrected chi connectivity index (χ1v) is 7.93. The molecule has 0 unspecified atom stereocenters. The van der Waals surface area contributed by atoms with Crippen LogP contribution < -0.4 is 0 Å². The van der Waals surface area contributed by atoms with Gasteiger partial charge in [0, 0.05) is 6.54 Å². The van der Waals surface area contributed by atoms with Gasteiger partial charge < -0.3 is 10.0 Å². The minimum atomic E-state index is -0.608. The number of hydrogen-bond donors (Lipinski definition) is 1. The number of benzene rings is 1. The van der Waals surface area contributed by atoms with Crippen LogP contribution in [0.3, 0.4) is 0 Å². The Morgan fingerprint density at radius 3 is 2.42 bits per heavy atom. The zero-order valence-corrected chi connectivity index (χ0v) is 14.0. The van der Waals surface area contributed by atoms with E-state index in [1.54, 1.807) is 24.0 Å². The number of aryl methyl sites for hydroxylation is 3. The monoisotopic (exact) mass is 329 g/mol. The fraction of sp³-hybridized carbons (Fsp3) is 0.389. The highest BCUT2D eigenvalue weighted by Crippen LogP contribution is 2.33. The van der Waals surface area contributed by atoms with Gasteiger partial charge in [-0.3, -0.25) is 9.78 Å². The van der Waals surface area contributed by atoms with Crippen LogP contribution in [0.2, 0.25) is 0 Å². The third-order valence-corrected chi connectivity index (χ3v) is 4.48. The lowest BCUT2D eigenvalue weighted by molar-refractivity contribution is 0.0708. The maximum absolute atomic E-state index is 13.2. The second-order valence-corrected chi connectivity index (χ2v) is 6.24. The molecule has 1 aromatic heterocycles. The first-order valence-electron chi connectivity index (χ1n) is 7.93. The molecular weight excluding hydrogens is 309 g/mol. The van der Waals surface area contributed by atoms with Crippen LogP contribution in [0.1, 0.15) is 45.6 Å². The molecule has 0 bridgehead atoms. The lowest BCUT2D eigenvalue weighted by Crippen LogP contribution is -2.33. The first kappa shape index (κ1) is 16.5. The van der Waals surface area contributed by atoms with Gasteiger partial charge in [-0.2, -0.15) is 0 Å². The Labute approximate surface area is 140 Å². The van der Waals surface area contributed by atoms with Crippen molar-refractivity contribution >= 4 is 5.91 Å². The Morgan fingerprint density at radius 2 is 1.75 bits per heavy atom. The summed E-state index contributed by atoms with van der Waals surface area (Å²) in [6.45, 7) is 5.65. The number of rotatable bonds is 2. The summed E-state index contributed by atoms with van der Waals surface area (Å²) in [5, 5.41) is 10.0. The molecule has 2 heterocycles. The number of amides is 1. The Balaban J connectivity index is 1.95. The lowest BCUT2D eigenvalue weighted by atomic mass is 10.0. The zero-order chi connectivity index (χ0) is 17.4. The van der Waals surface area contributed by atoms with Gasteiger partial charge in [0.1, 0.15) is 11.5 Å². The molecule has 3 rings (SSSR count). The SMILES string of the molecule is Cc1nc(C)c(C(=O)N2C[C@@H](O)C[C@H]2c2ccc(F)cc2)nc1C. The van der Waals surface area contributed by atoms with Gasteiger partial charge >= 0.3 is 0 Å². The topological polar surface area (TPSA) is 66.3 Å². The Hall–Kier alpha value is -2.34. The Kier molecular flexibility index (Phi) is 4.32. The smallest absolute Gasteiger partial charge is 0.274 e. The molecule has 5 nitrogen and oxygen atoms in total. The number of halogens is 1. The average molecular weight is 329 g/mol. The van der Waals surface area contributed by atoms with Gasteiger partial charge in [-0.1, -0.05) is 12.1 Å². The van der Waals surface area contributed by atoms with E-state index in [0.29, 0.717) is 23.5 Å². The maximum Gasteiger partial charge on any atom is 0.274 e. The number of aliphatic hydroxyl groups excluding tert-OH is 1. The van der Waals surface area contributed by atoms with E-state index in [0.717, 1.165) is 11.3 Å². The Morgan fingerprint density at radius 1 is 1.12 bits per heavy atom. The van der Waals surface area contributed by atoms with E-state index in [9.17, 15) is 14.3 Å². The van der Waals surface area contributed by atoms with E-state index in [2.05, 4.69) is 9.97 Å².